The van der Waals surface area contributed by atoms with Crippen molar-refractivity contribution >= 4 is 5.82 Å². The first-order valence-corrected chi connectivity index (χ1v) is 4.90. The third-order valence-electron chi connectivity index (χ3n) is 2.06. The van der Waals surface area contributed by atoms with E-state index in [2.05, 4.69) is 23.3 Å². The van der Waals surface area contributed by atoms with Gasteiger partial charge in [0.15, 0.2) is 0 Å². The summed E-state index contributed by atoms with van der Waals surface area (Å²) >= 11 is 0. The summed E-state index contributed by atoms with van der Waals surface area (Å²) in [6.45, 7) is 4.94. The highest BCUT2D eigenvalue weighted by atomic mass is 16.5. The average Bonchev–Trinajstić information content (AvgIpc) is 2.18. The lowest BCUT2D eigenvalue weighted by molar-refractivity contribution is 0.191. The van der Waals surface area contributed by atoms with Crippen LogP contribution in [0.2, 0.25) is 0 Å². The molecule has 1 aromatic rings. The molecular weight excluding hydrogens is 176 g/mol. The first-order valence-electron chi connectivity index (χ1n) is 4.90. The van der Waals surface area contributed by atoms with Crippen molar-refractivity contribution in [3.05, 3.63) is 23.9 Å². The van der Waals surface area contributed by atoms with E-state index >= 15 is 0 Å². The number of methoxy groups -OCH3 is 1. The molecule has 14 heavy (non-hydrogen) atoms. The van der Waals surface area contributed by atoms with Gasteiger partial charge in [0.05, 0.1) is 0 Å². The van der Waals surface area contributed by atoms with E-state index in [9.17, 15) is 0 Å². The molecule has 1 aromatic heterocycles. The van der Waals surface area contributed by atoms with Crippen molar-refractivity contribution in [3.8, 4) is 0 Å². The molecule has 3 heteroatoms. The van der Waals surface area contributed by atoms with E-state index in [4.69, 9.17) is 4.74 Å². The minimum atomic E-state index is 0.394. The molecule has 0 saturated heterocycles. The fourth-order valence-electron chi connectivity index (χ4n) is 1.17. The molecule has 0 spiro atoms. The van der Waals surface area contributed by atoms with Gasteiger partial charge in [0.1, 0.15) is 5.82 Å². The molecule has 1 rings (SSSR count). The van der Waals surface area contributed by atoms with Crippen LogP contribution in [0, 0.1) is 6.92 Å². The van der Waals surface area contributed by atoms with Gasteiger partial charge in [-0.2, -0.15) is 0 Å². The summed E-state index contributed by atoms with van der Waals surface area (Å²) in [5.74, 6) is 0.930. The molecule has 3 nitrogen and oxygen atoms in total. The fourth-order valence-corrected chi connectivity index (χ4v) is 1.17. The summed E-state index contributed by atoms with van der Waals surface area (Å²) in [6, 6.07) is 4.45. The molecule has 0 aliphatic heterocycles. The Morgan fingerprint density at radius 3 is 2.86 bits per heavy atom. The van der Waals surface area contributed by atoms with E-state index < -0.39 is 0 Å². The van der Waals surface area contributed by atoms with Crippen molar-refractivity contribution in [2.45, 2.75) is 26.3 Å². The van der Waals surface area contributed by atoms with E-state index in [1.54, 1.807) is 7.11 Å². The minimum absolute atomic E-state index is 0.394. The Morgan fingerprint density at radius 2 is 2.29 bits per heavy atom. The summed E-state index contributed by atoms with van der Waals surface area (Å²) in [5.41, 5.74) is 1.18. The zero-order valence-electron chi connectivity index (χ0n) is 9.08. The average molecular weight is 194 g/mol. The molecule has 0 saturated carbocycles. The molecule has 78 valence electrons. The SMILES string of the molecule is COCC[C@H](C)Nc1ccc(C)cn1. The highest BCUT2D eigenvalue weighted by Crippen LogP contribution is 2.06. The van der Waals surface area contributed by atoms with Gasteiger partial charge in [-0.1, -0.05) is 6.07 Å². The molecule has 1 N–H and O–H groups in total. The first-order chi connectivity index (χ1) is 6.72. The predicted octanol–water partition coefficient (Wildman–Crippen LogP) is 2.23. The van der Waals surface area contributed by atoms with Crippen LogP contribution < -0.4 is 5.32 Å². The monoisotopic (exact) mass is 194 g/mol. The van der Waals surface area contributed by atoms with Crippen LogP contribution in [0.3, 0.4) is 0 Å². The van der Waals surface area contributed by atoms with Gasteiger partial charge in [0.25, 0.3) is 0 Å². The lowest BCUT2D eigenvalue weighted by atomic mass is 10.2. The molecule has 0 aliphatic carbocycles. The lowest BCUT2D eigenvalue weighted by Gasteiger charge is -2.13. The molecule has 0 bridgehead atoms. The van der Waals surface area contributed by atoms with Gasteiger partial charge in [-0.3, -0.25) is 0 Å². The van der Waals surface area contributed by atoms with Crippen molar-refractivity contribution in [1.29, 1.82) is 0 Å². The van der Waals surface area contributed by atoms with Crippen LogP contribution >= 0.6 is 0 Å². The van der Waals surface area contributed by atoms with Gasteiger partial charge in [-0.15, -0.1) is 0 Å². The number of rotatable bonds is 5. The maximum atomic E-state index is 5.01. The summed E-state index contributed by atoms with van der Waals surface area (Å²) in [4.78, 5) is 4.27. The van der Waals surface area contributed by atoms with Crippen LogP contribution in [0.5, 0.6) is 0 Å². The van der Waals surface area contributed by atoms with Crippen LogP contribution in [-0.2, 0) is 4.74 Å². The van der Waals surface area contributed by atoms with E-state index in [0.29, 0.717) is 6.04 Å². The third kappa shape index (κ3) is 3.75. The van der Waals surface area contributed by atoms with Crippen molar-refractivity contribution in [1.82, 2.24) is 4.98 Å². The number of aromatic nitrogens is 1. The summed E-state index contributed by atoms with van der Waals surface area (Å²) in [6.07, 6.45) is 2.86. The minimum Gasteiger partial charge on any atom is -0.385 e. The van der Waals surface area contributed by atoms with Gasteiger partial charge in [-0.05, 0) is 31.9 Å². The number of aryl methyl sites for hydroxylation is 1. The smallest absolute Gasteiger partial charge is 0.126 e. The van der Waals surface area contributed by atoms with Crippen LogP contribution in [0.15, 0.2) is 18.3 Å². The Hall–Kier alpha value is -1.09. The Morgan fingerprint density at radius 1 is 1.50 bits per heavy atom. The number of nitrogens with one attached hydrogen (secondary N) is 1. The molecule has 0 aromatic carbocycles. The molecule has 0 unspecified atom stereocenters. The van der Waals surface area contributed by atoms with E-state index in [1.165, 1.54) is 5.56 Å². The highest BCUT2D eigenvalue weighted by Gasteiger charge is 2.01. The molecular formula is C11H18N2O. The van der Waals surface area contributed by atoms with Gasteiger partial charge >= 0.3 is 0 Å². The van der Waals surface area contributed by atoms with Crippen molar-refractivity contribution in [3.63, 3.8) is 0 Å². The molecule has 0 radical (unpaired) electrons. The zero-order valence-corrected chi connectivity index (χ0v) is 9.08. The van der Waals surface area contributed by atoms with E-state index in [1.807, 2.05) is 19.2 Å². The number of hydrogen-bond acceptors (Lipinski definition) is 3. The van der Waals surface area contributed by atoms with Crippen LogP contribution in [0.25, 0.3) is 0 Å². The maximum Gasteiger partial charge on any atom is 0.126 e. The lowest BCUT2D eigenvalue weighted by Crippen LogP contribution is -2.17. The molecule has 0 amide bonds. The third-order valence-corrected chi connectivity index (χ3v) is 2.06. The predicted molar refractivity (Wildman–Crippen MR) is 58.6 cm³/mol. The van der Waals surface area contributed by atoms with Crippen LogP contribution in [0.1, 0.15) is 18.9 Å². The molecule has 0 aliphatic rings. The fraction of sp³-hybridized carbons (Fsp3) is 0.545. The summed E-state index contributed by atoms with van der Waals surface area (Å²) in [7, 11) is 1.72. The van der Waals surface area contributed by atoms with Crippen LogP contribution in [-0.4, -0.2) is 24.7 Å². The van der Waals surface area contributed by atoms with Crippen molar-refractivity contribution in [2.24, 2.45) is 0 Å². The highest BCUT2D eigenvalue weighted by molar-refractivity contribution is 5.35. The zero-order chi connectivity index (χ0) is 10.4. The molecule has 1 heterocycles. The van der Waals surface area contributed by atoms with E-state index in [0.717, 1.165) is 18.8 Å². The Balaban J connectivity index is 2.39. The first kappa shape index (κ1) is 11.0. The van der Waals surface area contributed by atoms with Gasteiger partial charge in [0, 0.05) is 26.0 Å². The normalized spacial score (nSPS) is 12.5. The van der Waals surface area contributed by atoms with Crippen LogP contribution in [0.4, 0.5) is 5.82 Å². The largest absolute Gasteiger partial charge is 0.385 e. The van der Waals surface area contributed by atoms with Crippen molar-refractivity contribution < 1.29 is 4.74 Å². The second-order valence-electron chi connectivity index (χ2n) is 3.55. The standard InChI is InChI=1S/C11H18N2O/c1-9-4-5-11(12-8-9)13-10(2)6-7-14-3/h4-5,8,10H,6-7H2,1-3H3,(H,12,13)/t10-/m0/s1. The van der Waals surface area contributed by atoms with Gasteiger partial charge < -0.3 is 10.1 Å². The number of ether oxygens (including phenoxy) is 1. The summed E-state index contributed by atoms with van der Waals surface area (Å²) < 4.78 is 5.01. The van der Waals surface area contributed by atoms with Gasteiger partial charge in [-0.25, -0.2) is 4.98 Å². The Bertz CT molecular complexity index is 258. The number of anilines is 1. The number of nitrogens with zero attached hydrogens (tertiary/aromatic N) is 1. The topological polar surface area (TPSA) is 34.1 Å². The van der Waals surface area contributed by atoms with E-state index in [-0.39, 0.29) is 0 Å². The number of hydrogen-bond donors (Lipinski definition) is 1. The van der Waals surface area contributed by atoms with Gasteiger partial charge in [0.2, 0.25) is 0 Å². The second kappa shape index (κ2) is 5.60. The Kier molecular flexibility index (Phi) is 4.40. The Labute approximate surface area is 85.5 Å². The summed E-state index contributed by atoms with van der Waals surface area (Å²) in [5, 5.41) is 3.31. The number of pyridine rings is 1. The molecule has 0 fully saturated rings. The second-order valence-corrected chi connectivity index (χ2v) is 3.55. The molecule has 1 atom stereocenters. The maximum absolute atomic E-state index is 5.01. The van der Waals surface area contributed by atoms with Crippen molar-refractivity contribution in [2.75, 3.05) is 19.0 Å². The quantitative estimate of drug-likeness (QED) is 0.780.